The van der Waals surface area contributed by atoms with Gasteiger partial charge < -0.3 is 10.5 Å². The van der Waals surface area contributed by atoms with E-state index in [9.17, 15) is 4.79 Å². The van der Waals surface area contributed by atoms with E-state index < -0.39 is 5.97 Å². The van der Waals surface area contributed by atoms with Crippen molar-refractivity contribution in [3.05, 3.63) is 41.6 Å². The number of nitrogen functional groups attached to an aromatic ring is 1. The molecule has 0 aliphatic carbocycles. The predicted molar refractivity (Wildman–Crippen MR) is 63.8 cm³/mol. The average Bonchev–Trinajstić information content (AvgIpc) is 2.59. The molecule has 1 heterocycles. The van der Waals surface area contributed by atoms with Crippen LogP contribution in [0.4, 0.5) is 5.82 Å². The van der Waals surface area contributed by atoms with Crippen LogP contribution in [0.15, 0.2) is 30.3 Å². The van der Waals surface area contributed by atoms with Crippen LogP contribution in [0.25, 0.3) is 0 Å². The summed E-state index contributed by atoms with van der Waals surface area (Å²) in [5.41, 5.74) is 6.81. The van der Waals surface area contributed by atoms with E-state index in [1.165, 1.54) is 10.7 Å². The summed E-state index contributed by atoms with van der Waals surface area (Å²) in [7, 11) is 1.67. The van der Waals surface area contributed by atoms with Crippen LogP contribution in [0.3, 0.4) is 0 Å². The fourth-order valence-electron chi connectivity index (χ4n) is 1.42. The maximum atomic E-state index is 11.7. The second kappa shape index (κ2) is 4.29. The van der Waals surface area contributed by atoms with Crippen LogP contribution in [0.5, 0.6) is 5.75 Å². The third-order valence-corrected chi connectivity index (χ3v) is 2.33. The first-order valence-electron chi connectivity index (χ1n) is 5.14. The Balaban J connectivity index is 2.17. The Morgan fingerprint density at radius 1 is 1.41 bits per heavy atom. The SMILES string of the molecule is Cc1cccc(OC(=O)c2cc(N)n(C)n2)c1. The van der Waals surface area contributed by atoms with Crippen molar-refractivity contribution in [3.63, 3.8) is 0 Å². The molecule has 0 radical (unpaired) electrons. The van der Waals surface area contributed by atoms with Crippen molar-refractivity contribution in [2.24, 2.45) is 7.05 Å². The van der Waals surface area contributed by atoms with E-state index in [-0.39, 0.29) is 5.69 Å². The Labute approximate surface area is 98.8 Å². The van der Waals surface area contributed by atoms with E-state index >= 15 is 0 Å². The predicted octanol–water partition coefficient (Wildman–Crippen LogP) is 1.53. The molecule has 1 aromatic carbocycles. The van der Waals surface area contributed by atoms with Gasteiger partial charge in [0.2, 0.25) is 0 Å². The molecule has 0 atom stereocenters. The van der Waals surface area contributed by atoms with Gasteiger partial charge in [0.1, 0.15) is 11.6 Å². The van der Waals surface area contributed by atoms with E-state index in [0.29, 0.717) is 11.6 Å². The zero-order valence-corrected chi connectivity index (χ0v) is 9.68. The molecule has 0 amide bonds. The number of nitrogens with two attached hydrogens (primary N) is 1. The highest BCUT2D eigenvalue weighted by molar-refractivity contribution is 5.89. The Morgan fingerprint density at radius 2 is 2.18 bits per heavy atom. The average molecular weight is 231 g/mol. The van der Waals surface area contributed by atoms with Gasteiger partial charge in [-0.05, 0) is 24.6 Å². The van der Waals surface area contributed by atoms with Crippen molar-refractivity contribution in [2.45, 2.75) is 6.92 Å². The minimum Gasteiger partial charge on any atom is -0.422 e. The lowest BCUT2D eigenvalue weighted by Gasteiger charge is -2.02. The number of anilines is 1. The van der Waals surface area contributed by atoms with E-state index in [1.54, 1.807) is 19.2 Å². The topological polar surface area (TPSA) is 70.1 Å². The Hall–Kier alpha value is -2.30. The monoisotopic (exact) mass is 231 g/mol. The summed E-state index contributed by atoms with van der Waals surface area (Å²) >= 11 is 0. The lowest BCUT2D eigenvalue weighted by Crippen LogP contribution is -2.09. The molecule has 0 spiro atoms. The van der Waals surface area contributed by atoms with Crippen molar-refractivity contribution >= 4 is 11.8 Å². The van der Waals surface area contributed by atoms with Crippen molar-refractivity contribution in [3.8, 4) is 5.75 Å². The molecule has 2 rings (SSSR count). The molecule has 0 unspecified atom stereocenters. The van der Waals surface area contributed by atoms with Gasteiger partial charge in [-0.15, -0.1) is 0 Å². The maximum Gasteiger partial charge on any atom is 0.364 e. The first-order chi connectivity index (χ1) is 8.06. The largest absolute Gasteiger partial charge is 0.422 e. The summed E-state index contributed by atoms with van der Waals surface area (Å²) in [6, 6.07) is 8.74. The molecule has 5 nitrogen and oxygen atoms in total. The molecular weight excluding hydrogens is 218 g/mol. The van der Waals surface area contributed by atoms with Crippen molar-refractivity contribution in [1.82, 2.24) is 9.78 Å². The summed E-state index contributed by atoms with van der Waals surface area (Å²) in [6.45, 7) is 1.93. The molecule has 88 valence electrons. The van der Waals surface area contributed by atoms with Crippen LogP contribution in [0, 0.1) is 6.92 Å². The molecule has 2 N–H and O–H groups in total. The molecule has 0 saturated heterocycles. The van der Waals surface area contributed by atoms with Crippen LogP contribution in [0.2, 0.25) is 0 Å². The second-order valence-corrected chi connectivity index (χ2v) is 3.78. The lowest BCUT2D eigenvalue weighted by atomic mass is 10.2. The number of hydrogen-bond donors (Lipinski definition) is 1. The number of carbonyl (C=O) groups excluding carboxylic acids is 1. The molecule has 0 aliphatic heterocycles. The molecular formula is C12H13N3O2. The molecule has 17 heavy (non-hydrogen) atoms. The van der Waals surface area contributed by atoms with Gasteiger partial charge in [0.25, 0.3) is 0 Å². The first-order valence-corrected chi connectivity index (χ1v) is 5.14. The lowest BCUT2D eigenvalue weighted by molar-refractivity contribution is 0.0727. The van der Waals surface area contributed by atoms with Crippen LogP contribution in [-0.4, -0.2) is 15.7 Å². The van der Waals surface area contributed by atoms with E-state index in [2.05, 4.69) is 5.10 Å². The smallest absolute Gasteiger partial charge is 0.364 e. The van der Waals surface area contributed by atoms with Gasteiger partial charge in [0.15, 0.2) is 5.69 Å². The number of aromatic nitrogens is 2. The second-order valence-electron chi connectivity index (χ2n) is 3.78. The summed E-state index contributed by atoms with van der Waals surface area (Å²) in [5.74, 6) is 0.406. The molecule has 0 aliphatic rings. The summed E-state index contributed by atoms with van der Waals surface area (Å²) < 4.78 is 6.60. The third kappa shape index (κ3) is 2.44. The minimum atomic E-state index is -0.511. The third-order valence-electron chi connectivity index (χ3n) is 2.33. The first kappa shape index (κ1) is 11.2. The Bertz CT molecular complexity index is 541. The van der Waals surface area contributed by atoms with Gasteiger partial charge in [-0.25, -0.2) is 4.79 Å². The quantitative estimate of drug-likeness (QED) is 0.628. The standard InChI is InChI=1S/C12H13N3O2/c1-8-4-3-5-9(6-8)17-12(16)10-7-11(13)15(2)14-10/h3-7H,13H2,1-2H3. The van der Waals surface area contributed by atoms with Crippen molar-refractivity contribution < 1.29 is 9.53 Å². The van der Waals surface area contributed by atoms with E-state index in [4.69, 9.17) is 10.5 Å². The fourth-order valence-corrected chi connectivity index (χ4v) is 1.42. The molecule has 1 aromatic heterocycles. The van der Waals surface area contributed by atoms with Crippen LogP contribution in [-0.2, 0) is 7.05 Å². The van der Waals surface area contributed by atoms with Crippen LogP contribution < -0.4 is 10.5 Å². The van der Waals surface area contributed by atoms with Gasteiger partial charge in [0, 0.05) is 13.1 Å². The highest BCUT2D eigenvalue weighted by atomic mass is 16.5. The van der Waals surface area contributed by atoms with Crippen LogP contribution >= 0.6 is 0 Å². The van der Waals surface area contributed by atoms with Crippen molar-refractivity contribution in [1.29, 1.82) is 0 Å². The normalized spacial score (nSPS) is 10.2. The zero-order valence-electron chi connectivity index (χ0n) is 9.68. The molecule has 0 bridgehead atoms. The molecule has 5 heteroatoms. The number of hydrogen-bond acceptors (Lipinski definition) is 4. The highest BCUT2D eigenvalue weighted by Gasteiger charge is 2.13. The summed E-state index contributed by atoms with van der Waals surface area (Å²) in [4.78, 5) is 11.7. The van der Waals surface area contributed by atoms with Crippen molar-refractivity contribution in [2.75, 3.05) is 5.73 Å². The van der Waals surface area contributed by atoms with Gasteiger partial charge in [-0.3, -0.25) is 4.68 Å². The highest BCUT2D eigenvalue weighted by Crippen LogP contribution is 2.14. The summed E-state index contributed by atoms with van der Waals surface area (Å²) in [5, 5.41) is 3.95. The fraction of sp³-hybridized carbons (Fsp3) is 0.167. The number of ether oxygens (including phenoxy) is 1. The van der Waals surface area contributed by atoms with E-state index in [0.717, 1.165) is 5.56 Å². The van der Waals surface area contributed by atoms with Gasteiger partial charge >= 0.3 is 5.97 Å². The number of esters is 1. The van der Waals surface area contributed by atoms with E-state index in [1.807, 2.05) is 19.1 Å². The molecule has 2 aromatic rings. The maximum absolute atomic E-state index is 11.7. The summed E-state index contributed by atoms with van der Waals surface area (Å²) in [6.07, 6.45) is 0. The van der Waals surface area contributed by atoms with Gasteiger partial charge in [0.05, 0.1) is 0 Å². The van der Waals surface area contributed by atoms with Crippen LogP contribution in [0.1, 0.15) is 16.1 Å². The molecule has 0 fully saturated rings. The minimum absolute atomic E-state index is 0.200. The van der Waals surface area contributed by atoms with Gasteiger partial charge in [-0.1, -0.05) is 12.1 Å². The van der Waals surface area contributed by atoms with Gasteiger partial charge in [-0.2, -0.15) is 5.10 Å². The Kier molecular flexibility index (Phi) is 2.82. The number of carbonyl (C=O) groups is 1. The number of benzene rings is 1. The number of aryl methyl sites for hydroxylation is 2. The zero-order chi connectivity index (χ0) is 12.4. The number of rotatable bonds is 2. The Morgan fingerprint density at radius 3 is 2.76 bits per heavy atom. The molecule has 0 saturated carbocycles. The number of nitrogens with zero attached hydrogens (tertiary/aromatic N) is 2.